The molecule has 0 aliphatic carbocycles. The second-order valence-electron chi connectivity index (χ2n) is 4.75. The van der Waals surface area contributed by atoms with E-state index in [1.807, 2.05) is 16.3 Å². The first-order valence-electron chi connectivity index (χ1n) is 6.52. The van der Waals surface area contributed by atoms with Crippen LogP contribution in [0, 0.1) is 0 Å². The molecule has 0 spiro atoms. The highest BCUT2D eigenvalue weighted by molar-refractivity contribution is 9.11. The van der Waals surface area contributed by atoms with Crippen LogP contribution in [0.4, 0.5) is 5.95 Å². The van der Waals surface area contributed by atoms with Crippen molar-refractivity contribution in [1.82, 2.24) is 19.3 Å². The minimum absolute atomic E-state index is 0.551. The molecule has 20 heavy (non-hydrogen) atoms. The predicted octanol–water partition coefficient (Wildman–Crippen LogP) is 3.18. The van der Waals surface area contributed by atoms with Crippen LogP contribution in [0.5, 0.6) is 0 Å². The van der Waals surface area contributed by atoms with Gasteiger partial charge in [0.25, 0.3) is 0 Å². The maximum absolute atomic E-state index is 6.09. The van der Waals surface area contributed by atoms with Crippen LogP contribution in [-0.4, -0.2) is 19.3 Å². The van der Waals surface area contributed by atoms with Crippen LogP contribution in [0.1, 0.15) is 23.9 Å². The van der Waals surface area contributed by atoms with Crippen molar-refractivity contribution >= 4 is 44.4 Å². The molecule has 0 aliphatic heterocycles. The SMILES string of the molecule is CCCc1nn(C)c2c1nc(N)n2Cc1ccc(Br)s1. The number of thiophene rings is 1. The summed E-state index contributed by atoms with van der Waals surface area (Å²) in [6.07, 6.45) is 1.98. The molecular formula is C13H16BrN5S. The molecule has 3 rings (SSSR count). The van der Waals surface area contributed by atoms with Gasteiger partial charge in [0.1, 0.15) is 5.52 Å². The van der Waals surface area contributed by atoms with Gasteiger partial charge < -0.3 is 5.73 Å². The van der Waals surface area contributed by atoms with E-state index < -0.39 is 0 Å². The number of aryl methyl sites for hydroxylation is 2. The average molecular weight is 354 g/mol. The highest BCUT2D eigenvalue weighted by Gasteiger charge is 2.17. The molecule has 0 bridgehead atoms. The average Bonchev–Trinajstić information content (AvgIpc) is 3.02. The Morgan fingerprint density at radius 2 is 2.20 bits per heavy atom. The summed E-state index contributed by atoms with van der Waals surface area (Å²) in [5, 5.41) is 4.56. The summed E-state index contributed by atoms with van der Waals surface area (Å²) in [4.78, 5) is 5.74. The van der Waals surface area contributed by atoms with Crippen LogP contribution in [0.3, 0.4) is 0 Å². The van der Waals surface area contributed by atoms with Crippen LogP contribution in [0.2, 0.25) is 0 Å². The Morgan fingerprint density at radius 3 is 2.85 bits per heavy atom. The molecule has 3 heterocycles. The molecule has 0 saturated carbocycles. The van der Waals surface area contributed by atoms with Crippen LogP contribution in [0.25, 0.3) is 11.2 Å². The van der Waals surface area contributed by atoms with Crippen molar-refractivity contribution in [2.45, 2.75) is 26.3 Å². The van der Waals surface area contributed by atoms with Crippen molar-refractivity contribution < 1.29 is 0 Å². The van der Waals surface area contributed by atoms with E-state index in [-0.39, 0.29) is 0 Å². The minimum Gasteiger partial charge on any atom is -0.369 e. The lowest BCUT2D eigenvalue weighted by Gasteiger charge is -2.04. The molecule has 2 N–H and O–H groups in total. The third-order valence-corrected chi connectivity index (χ3v) is 4.86. The number of nitrogens with zero attached hydrogens (tertiary/aromatic N) is 4. The molecule has 0 amide bonds. The fourth-order valence-electron chi connectivity index (χ4n) is 2.41. The first-order valence-corrected chi connectivity index (χ1v) is 8.13. The van der Waals surface area contributed by atoms with Crippen molar-refractivity contribution in [3.8, 4) is 0 Å². The number of halogens is 1. The van der Waals surface area contributed by atoms with E-state index in [2.05, 4.69) is 45.1 Å². The Morgan fingerprint density at radius 1 is 1.40 bits per heavy atom. The normalized spacial score (nSPS) is 11.6. The number of fused-ring (bicyclic) bond motifs is 1. The van der Waals surface area contributed by atoms with Gasteiger partial charge in [-0.1, -0.05) is 13.3 Å². The van der Waals surface area contributed by atoms with E-state index >= 15 is 0 Å². The third kappa shape index (κ3) is 2.25. The standard InChI is InChI=1S/C13H16BrN5S/c1-3-4-9-11-12(18(2)17-9)19(13(15)16-11)7-8-5-6-10(14)20-8/h5-6H,3-4,7H2,1-2H3,(H2,15,16). The number of rotatable bonds is 4. The van der Waals surface area contributed by atoms with Gasteiger partial charge in [0.15, 0.2) is 5.65 Å². The van der Waals surface area contributed by atoms with Gasteiger partial charge in [-0.25, -0.2) is 4.98 Å². The Balaban J connectivity index is 2.08. The molecule has 106 valence electrons. The molecule has 0 saturated heterocycles. The minimum atomic E-state index is 0.551. The molecule has 0 aromatic carbocycles. The zero-order chi connectivity index (χ0) is 14.3. The fraction of sp³-hybridized carbons (Fsp3) is 0.385. The zero-order valence-corrected chi connectivity index (χ0v) is 13.8. The maximum atomic E-state index is 6.09. The molecular weight excluding hydrogens is 338 g/mol. The number of imidazole rings is 1. The summed E-state index contributed by atoms with van der Waals surface area (Å²) >= 11 is 5.20. The fourth-order valence-corrected chi connectivity index (χ4v) is 3.88. The number of nitrogens with two attached hydrogens (primary N) is 1. The van der Waals surface area contributed by atoms with E-state index in [0.717, 1.165) is 40.0 Å². The van der Waals surface area contributed by atoms with E-state index in [4.69, 9.17) is 5.73 Å². The van der Waals surface area contributed by atoms with E-state index in [0.29, 0.717) is 5.95 Å². The first-order chi connectivity index (χ1) is 9.60. The third-order valence-electron chi connectivity index (χ3n) is 3.25. The van der Waals surface area contributed by atoms with E-state index in [1.54, 1.807) is 11.3 Å². The molecule has 0 aliphatic rings. The van der Waals surface area contributed by atoms with Gasteiger partial charge in [0.2, 0.25) is 5.95 Å². The molecule has 7 heteroatoms. The second-order valence-corrected chi connectivity index (χ2v) is 7.30. The highest BCUT2D eigenvalue weighted by Crippen LogP contribution is 2.27. The van der Waals surface area contributed by atoms with Gasteiger partial charge in [-0.3, -0.25) is 9.25 Å². The molecule has 5 nitrogen and oxygen atoms in total. The lowest BCUT2D eigenvalue weighted by molar-refractivity contribution is 0.714. The van der Waals surface area contributed by atoms with Crippen molar-refractivity contribution in [3.05, 3.63) is 26.5 Å². The number of hydrogen-bond acceptors (Lipinski definition) is 4. The van der Waals surface area contributed by atoms with Gasteiger partial charge in [-0.2, -0.15) is 5.10 Å². The zero-order valence-electron chi connectivity index (χ0n) is 11.4. The topological polar surface area (TPSA) is 61.7 Å². The lowest BCUT2D eigenvalue weighted by Crippen LogP contribution is -2.07. The largest absolute Gasteiger partial charge is 0.369 e. The van der Waals surface area contributed by atoms with Gasteiger partial charge in [-0.05, 0) is 34.5 Å². The van der Waals surface area contributed by atoms with Crippen molar-refractivity contribution in [2.24, 2.45) is 7.05 Å². The highest BCUT2D eigenvalue weighted by atomic mass is 79.9. The Hall–Kier alpha value is -1.34. The van der Waals surface area contributed by atoms with Crippen LogP contribution in [0.15, 0.2) is 15.9 Å². The van der Waals surface area contributed by atoms with Gasteiger partial charge in [0.05, 0.1) is 16.0 Å². The Bertz CT molecular complexity index is 754. The first kappa shape index (κ1) is 13.6. The summed E-state index contributed by atoms with van der Waals surface area (Å²) in [6.45, 7) is 2.87. The Kier molecular flexibility index (Phi) is 3.55. The Labute approximate surface area is 129 Å². The molecule has 3 aromatic rings. The van der Waals surface area contributed by atoms with Crippen LogP contribution < -0.4 is 5.73 Å². The molecule has 0 fully saturated rings. The summed E-state index contributed by atoms with van der Waals surface area (Å²) in [6, 6.07) is 4.15. The van der Waals surface area contributed by atoms with Crippen LogP contribution in [-0.2, 0) is 20.0 Å². The predicted molar refractivity (Wildman–Crippen MR) is 86.0 cm³/mol. The molecule has 3 aromatic heterocycles. The van der Waals surface area contributed by atoms with Crippen molar-refractivity contribution in [1.29, 1.82) is 0 Å². The van der Waals surface area contributed by atoms with Crippen molar-refractivity contribution in [3.63, 3.8) is 0 Å². The summed E-state index contributed by atoms with van der Waals surface area (Å²) in [7, 11) is 1.95. The molecule has 0 radical (unpaired) electrons. The number of anilines is 1. The van der Waals surface area contributed by atoms with Gasteiger partial charge >= 0.3 is 0 Å². The summed E-state index contributed by atoms with van der Waals surface area (Å²) < 4.78 is 5.03. The summed E-state index contributed by atoms with van der Waals surface area (Å²) in [5.74, 6) is 0.551. The summed E-state index contributed by atoms with van der Waals surface area (Å²) in [5.41, 5.74) is 9.05. The maximum Gasteiger partial charge on any atom is 0.202 e. The van der Waals surface area contributed by atoms with Crippen molar-refractivity contribution in [2.75, 3.05) is 5.73 Å². The van der Waals surface area contributed by atoms with Crippen LogP contribution >= 0.6 is 27.3 Å². The smallest absolute Gasteiger partial charge is 0.202 e. The van der Waals surface area contributed by atoms with Gasteiger partial charge in [-0.15, -0.1) is 11.3 Å². The number of aromatic nitrogens is 4. The molecule has 0 atom stereocenters. The quantitative estimate of drug-likeness (QED) is 0.783. The van der Waals surface area contributed by atoms with E-state index in [9.17, 15) is 0 Å². The monoisotopic (exact) mass is 353 g/mol. The second kappa shape index (κ2) is 5.21. The molecule has 0 unspecified atom stereocenters. The number of nitrogen functional groups attached to an aromatic ring is 1. The van der Waals surface area contributed by atoms with Gasteiger partial charge in [0, 0.05) is 11.9 Å². The van der Waals surface area contributed by atoms with E-state index in [1.165, 1.54) is 4.88 Å². The number of hydrogen-bond donors (Lipinski definition) is 1. The lowest BCUT2D eigenvalue weighted by atomic mass is 10.2.